The number of rotatable bonds is 8. The van der Waals surface area contributed by atoms with Crippen LogP contribution < -0.4 is 30.8 Å². The van der Waals surface area contributed by atoms with Gasteiger partial charge in [-0.2, -0.15) is 0 Å². The van der Waals surface area contributed by atoms with E-state index in [4.69, 9.17) is 4.74 Å². The molecule has 0 aliphatic carbocycles. The summed E-state index contributed by atoms with van der Waals surface area (Å²) in [6.45, 7) is -0.981. The predicted molar refractivity (Wildman–Crippen MR) is 90.4 cm³/mol. The highest BCUT2D eigenvalue weighted by Gasteiger charge is 2.45. The molecule has 172 valence electrons. The molecular formula is C12H17N2O13P3-4. The van der Waals surface area contributed by atoms with Crippen molar-refractivity contribution in [1.82, 2.24) is 9.55 Å². The highest BCUT2D eigenvalue weighted by Crippen LogP contribution is 2.57. The SMILES string of the molecule is Cn1cc(C2OC(COP(=O)([O-])CP(=O)([O-])CP(=O)([O-])[O-])C(O)C2O)c(=O)[nH]c1=O. The van der Waals surface area contributed by atoms with Crippen molar-refractivity contribution in [3.8, 4) is 0 Å². The van der Waals surface area contributed by atoms with Crippen molar-refractivity contribution < 1.29 is 52.7 Å². The first-order valence-electron chi connectivity index (χ1n) is 8.07. The van der Waals surface area contributed by atoms with Crippen molar-refractivity contribution in [3.63, 3.8) is 0 Å². The summed E-state index contributed by atoms with van der Waals surface area (Å²) in [4.78, 5) is 69.7. The Hall–Kier alpha value is -0.950. The molecule has 18 heteroatoms. The van der Waals surface area contributed by atoms with Gasteiger partial charge in [0.1, 0.15) is 32.0 Å². The van der Waals surface area contributed by atoms with Crippen molar-refractivity contribution in [2.45, 2.75) is 24.4 Å². The molecule has 0 radical (unpaired) electrons. The van der Waals surface area contributed by atoms with Gasteiger partial charge in [0.15, 0.2) is 0 Å². The number of aromatic amines is 1. The van der Waals surface area contributed by atoms with Crippen LogP contribution in [0.25, 0.3) is 0 Å². The highest BCUT2D eigenvalue weighted by atomic mass is 31.3. The maximum atomic E-state index is 11.9. The first-order valence-corrected chi connectivity index (χ1v) is 13.5. The number of aryl methyl sites for hydroxylation is 1. The van der Waals surface area contributed by atoms with Crippen molar-refractivity contribution in [2.24, 2.45) is 7.05 Å². The second kappa shape index (κ2) is 8.89. The van der Waals surface area contributed by atoms with Crippen LogP contribution in [-0.2, 0) is 30.0 Å². The molecule has 1 aliphatic rings. The summed E-state index contributed by atoms with van der Waals surface area (Å²) in [6, 6.07) is 0. The summed E-state index contributed by atoms with van der Waals surface area (Å²) in [5, 5.41) is 20.1. The molecule has 6 atom stereocenters. The van der Waals surface area contributed by atoms with Gasteiger partial charge in [-0.3, -0.25) is 9.78 Å². The molecule has 1 aliphatic heterocycles. The lowest BCUT2D eigenvalue weighted by Gasteiger charge is -2.39. The molecule has 0 saturated carbocycles. The van der Waals surface area contributed by atoms with Gasteiger partial charge in [-0.1, -0.05) is 7.60 Å². The summed E-state index contributed by atoms with van der Waals surface area (Å²) >= 11 is 0. The minimum atomic E-state index is -5.53. The zero-order valence-electron chi connectivity index (χ0n) is 15.2. The largest absolute Gasteiger partial charge is 0.810 e. The Morgan fingerprint density at radius 1 is 1.13 bits per heavy atom. The minimum absolute atomic E-state index is 0.248. The average molecular weight is 490 g/mol. The van der Waals surface area contributed by atoms with Crippen LogP contribution in [0.1, 0.15) is 11.7 Å². The van der Waals surface area contributed by atoms with E-state index in [9.17, 15) is 53.1 Å². The summed E-state index contributed by atoms with van der Waals surface area (Å²) in [5.74, 6) is -3.65. The van der Waals surface area contributed by atoms with Crippen LogP contribution in [-0.4, -0.2) is 56.5 Å². The van der Waals surface area contributed by atoms with Gasteiger partial charge >= 0.3 is 5.69 Å². The van der Waals surface area contributed by atoms with Crippen molar-refractivity contribution >= 4 is 22.6 Å². The quantitative estimate of drug-likeness (QED) is 0.290. The Kier molecular flexibility index (Phi) is 7.50. The van der Waals surface area contributed by atoms with E-state index < -0.39 is 76.6 Å². The molecule has 15 nitrogen and oxygen atoms in total. The molecule has 0 bridgehead atoms. The lowest BCUT2D eigenvalue weighted by molar-refractivity contribution is -0.312. The van der Waals surface area contributed by atoms with E-state index >= 15 is 0 Å². The first-order chi connectivity index (χ1) is 13.5. The molecule has 1 aromatic heterocycles. The molecule has 1 aromatic rings. The van der Waals surface area contributed by atoms with Gasteiger partial charge in [0.2, 0.25) is 0 Å². The van der Waals surface area contributed by atoms with Gasteiger partial charge in [0.05, 0.1) is 18.1 Å². The van der Waals surface area contributed by atoms with Crippen LogP contribution in [0, 0.1) is 0 Å². The molecule has 6 unspecified atom stereocenters. The fraction of sp³-hybridized carbons (Fsp3) is 0.667. The predicted octanol–water partition coefficient (Wildman–Crippen LogP) is -4.73. The number of H-pyrrole nitrogens is 1. The zero-order chi connectivity index (χ0) is 23.1. The van der Waals surface area contributed by atoms with Crippen LogP contribution in [0.3, 0.4) is 0 Å². The van der Waals surface area contributed by atoms with Gasteiger partial charge in [0, 0.05) is 26.5 Å². The number of nitrogens with one attached hydrogen (secondary N) is 1. The number of ether oxygens (including phenoxy) is 1. The monoisotopic (exact) mass is 490 g/mol. The Bertz CT molecular complexity index is 1040. The third-order valence-electron chi connectivity index (χ3n) is 4.02. The van der Waals surface area contributed by atoms with Crippen LogP contribution in [0.15, 0.2) is 15.8 Å². The Balaban J connectivity index is 2.09. The number of hydrogen-bond donors (Lipinski definition) is 3. The molecule has 30 heavy (non-hydrogen) atoms. The van der Waals surface area contributed by atoms with E-state index in [1.165, 1.54) is 7.05 Å². The van der Waals surface area contributed by atoms with Crippen LogP contribution in [0.4, 0.5) is 0 Å². The topological polar surface area (TPSA) is 257 Å². The number of nitrogens with zero attached hydrogens (tertiary/aromatic N) is 1. The first kappa shape index (κ1) is 25.3. The van der Waals surface area contributed by atoms with Crippen molar-refractivity contribution in [2.75, 3.05) is 18.4 Å². The second-order valence-electron chi connectivity index (χ2n) is 6.65. The fourth-order valence-corrected chi connectivity index (χ4v) is 8.82. The third-order valence-corrected chi connectivity index (χ3v) is 10.8. The summed E-state index contributed by atoms with van der Waals surface area (Å²) in [6.07, 6.45) is -5.43. The molecule has 3 N–H and O–H groups in total. The Labute approximate surface area is 168 Å². The lowest BCUT2D eigenvalue weighted by Crippen LogP contribution is -2.35. The molecular weight excluding hydrogens is 473 g/mol. The van der Waals surface area contributed by atoms with E-state index in [0.717, 1.165) is 10.8 Å². The molecule has 0 aromatic carbocycles. The minimum Gasteiger partial charge on any atom is -0.810 e. The van der Waals surface area contributed by atoms with Gasteiger partial charge < -0.3 is 57.3 Å². The summed E-state index contributed by atoms with van der Waals surface area (Å²) < 4.78 is 44.5. The van der Waals surface area contributed by atoms with E-state index in [1.807, 2.05) is 4.98 Å². The maximum Gasteiger partial charge on any atom is 0.328 e. The molecule has 1 saturated heterocycles. The van der Waals surface area contributed by atoms with E-state index in [1.54, 1.807) is 0 Å². The standard InChI is InChI=1S/C12H21N2O13P3/c1-14-2-6(11(17)13-12(14)18)10-9(16)8(15)7(27-10)3-26-30(24,25)5-28(19,20)4-29(21,22)23/h2,7-10,15-16H,3-5H2,1H3,(H,19,20)(H,24,25)(H,13,17,18)(H2,21,22,23)/p-4. The molecule has 1 fully saturated rings. The second-order valence-corrected chi connectivity index (χ2v) is 13.2. The average Bonchev–Trinajstić information content (AvgIpc) is 2.81. The molecule has 0 amide bonds. The Morgan fingerprint density at radius 2 is 1.73 bits per heavy atom. The number of aliphatic hydroxyl groups is 2. The number of aromatic nitrogens is 2. The third kappa shape index (κ3) is 6.52. The van der Waals surface area contributed by atoms with E-state index in [2.05, 4.69) is 4.52 Å². The lowest BCUT2D eigenvalue weighted by atomic mass is 10.0. The highest BCUT2D eigenvalue weighted by molar-refractivity contribution is 7.78. The van der Waals surface area contributed by atoms with Crippen LogP contribution >= 0.6 is 22.6 Å². The molecule has 2 heterocycles. The van der Waals surface area contributed by atoms with E-state index in [-0.39, 0.29) is 5.56 Å². The maximum absolute atomic E-state index is 11.9. The normalized spacial score (nSPS) is 28.8. The number of aliphatic hydroxyl groups excluding tert-OH is 2. The van der Waals surface area contributed by atoms with Gasteiger partial charge in [-0.25, -0.2) is 4.79 Å². The summed E-state index contributed by atoms with van der Waals surface area (Å²) in [5.41, 5.74) is -1.92. The molecule has 0 spiro atoms. The Morgan fingerprint density at radius 3 is 2.30 bits per heavy atom. The smallest absolute Gasteiger partial charge is 0.328 e. The number of hydrogen-bond acceptors (Lipinski definition) is 13. The van der Waals surface area contributed by atoms with Gasteiger partial charge in [-0.15, -0.1) is 0 Å². The van der Waals surface area contributed by atoms with Crippen LogP contribution in [0.2, 0.25) is 0 Å². The van der Waals surface area contributed by atoms with Crippen molar-refractivity contribution in [1.29, 1.82) is 0 Å². The van der Waals surface area contributed by atoms with E-state index in [0.29, 0.717) is 0 Å². The van der Waals surface area contributed by atoms with Crippen molar-refractivity contribution in [3.05, 3.63) is 32.6 Å². The van der Waals surface area contributed by atoms with Gasteiger partial charge in [-0.05, 0) is 0 Å². The molecule has 2 rings (SSSR count). The zero-order valence-corrected chi connectivity index (χ0v) is 17.9. The van der Waals surface area contributed by atoms with Gasteiger partial charge in [0.25, 0.3) is 5.56 Å². The summed E-state index contributed by atoms with van der Waals surface area (Å²) in [7, 11) is -14.6. The fourth-order valence-electron chi connectivity index (χ4n) is 2.73. The van der Waals surface area contributed by atoms with Crippen LogP contribution in [0.5, 0.6) is 0 Å².